The highest BCUT2D eigenvalue weighted by molar-refractivity contribution is 5.15. The smallest absolute Gasteiger partial charge is 0.111 e. The molecule has 0 unspecified atom stereocenters. The minimum absolute atomic E-state index is 0.0380. The van der Waals surface area contributed by atoms with Crippen LogP contribution in [-0.4, -0.2) is 70.6 Å². The maximum absolute atomic E-state index is 9.85. The van der Waals surface area contributed by atoms with Crippen LogP contribution < -0.4 is 5.32 Å². The van der Waals surface area contributed by atoms with Crippen molar-refractivity contribution >= 4 is 0 Å². The molecule has 21 heavy (non-hydrogen) atoms. The monoisotopic (exact) mass is 297 g/mol. The van der Waals surface area contributed by atoms with Gasteiger partial charge >= 0.3 is 0 Å². The van der Waals surface area contributed by atoms with Gasteiger partial charge in [0.25, 0.3) is 0 Å². The van der Waals surface area contributed by atoms with Gasteiger partial charge in [-0.3, -0.25) is 0 Å². The van der Waals surface area contributed by atoms with Crippen molar-refractivity contribution < 1.29 is 25.2 Å². The molecule has 6 nitrogen and oxygen atoms in total. The molecule has 0 aliphatic carbocycles. The summed E-state index contributed by atoms with van der Waals surface area (Å²) < 4.78 is 5.39. The van der Waals surface area contributed by atoms with Crippen LogP contribution in [0.1, 0.15) is 5.56 Å². The van der Waals surface area contributed by atoms with Crippen LogP contribution in [0.4, 0.5) is 0 Å². The van der Waals surface area contributed by atoms with Crippen molar-refractivity contribution in [2.45, 2.75) is 36.9 Å². The Kier molecular flexibility index (Phi) is 6.10. The zero-order valence-corrected chi connectivity index (χ0v) is 11.8. The van der Waals surface area contributed by atoms with Crippen LogP contribution in [0.5, 0.6) is 0 Å². The van der Waals surface area contributed by atoms with Gasteiger partial charge in [0.1, 0.15) is 18.3 Å². The Balaban J connectivity index is 1.83. The molecule has 0 saturated carbocycles. The Labute approximate surface area is 124 Å². The second-order valence-electron chi connectivity index (χ2n) is 5.35. The molecule has 5 N–H and O–H groups in total. The minimum Gasteiger partial charge on any atom is -0.395 e. The molecule has 118 valence electrons. The van der Waals surface area contributed by atoms with Crippen molar-refractivity contribution in [1.82, 2.24) is 5.32 Å². The summed E-state index contributed by atoms with van der Waals surface area (Å²) in [6, 6.07) is 9.62. The first-order valence-corrected chi connectivity index (χ1v) is 7.16. The molecule has 0 amide bonds. The fourth-order valence-electron chi connectivity index (χ4n) is 2.53. The van der Waals surface area contributed by atoms with Crippen LogP contribution in [0.15, 0.2) is 30.3 Å². The summed E-state index contributed by atoms with van der Waals surface area (Å²) in [5.74, 6) is 0. The van der Waals surface area contributed by atoms with E-state index >= 15 is 0 Å². The number of nitrogens with one attached hydrogen (secondary N) is 1. The van der Waals surface area contributed by atoms with E-state index in [0.29, 0.717) is 13.0 Å². The molecule has 1 saturated heterocycles. The van der Waals surface area contributed by atoms with Crippen molar-refractivity contribution in [3.63, 3.8) is 0 Å². The Bertz CT molecular complexity index is 416. The zero-order chi connectivity index (χ0) is 15.2. The Morgan fingerprint density at radius 2 is 1.71 bits per heavy atom. The SMILES string of the molecule is OC[C@H](Cc1ccccc1)NC[C@H]1O[C@H](CO)[C@@H](O)[C@@H]1O. The lowest BCUT2D eigenvalue weighted by Gasteiger charge is -2.21. The van der Waals surface area contributed by atoms with E-state index in [2.05, 4.69) is 5.32 Å². The van der Waals surface area contributed by atoms with Gasteiger partial charge in [0.15, 0.2) is 0 Å². The molecule has 2 rings (SSSR count). The van der Waals surface area contributed by atoms with Gasteiger partial charge in [0.2, 0.25) is 0 Å². The molecule has 1 aromatic carbocycles. The molecule has 0 spiro atoms. The second kappa shape index (κ2) is 7.84. The molecule has 1 aliphatic rings. The maximum Gasteiger partial charge on any atom is 0.111 e. The van der Waals surface area contributed by atoms with E-state index in [1.54, 1.807) is 0 Å². The van der Waals surface area contributed by atoms with Crippen LogP contribution in [0.3, 0.4) is 0 Å². The Hall–Kier alpha value is -1.02. The van der Waals surface area contributed by atoms with Gasteiger partial charge in [-0.05, 0) is 12.0 Å². The Morgan fingerprint density at radius 1 is 1.05 bits per heavy atom. The molecule has 1 fully saturated rings. The van der Waals surface area contributed by atoms with E-state index < -0.39 is 24.4 Å². The summed E-state index contributed by atoms with van der Waals surface area (Å²) in [7, 11) is 0. The fraction of sp³-hybridized carbons (Fsp3) is 0.600. The quantitative estimate of drug-likeness (QED) is 0.427. The van der Waals surface area contributed by atoms with Crippen LogP contribution >= 0.6 is 0 Å². The van der Waals surface area contributed by atoms with Crippen molar-refractivity contribution in [3.8, 4) is 0 Å². The number of ether oxygens (including phenoxy) is 1. The molecule has 0 radical (unpaired) electrons. The third kappa shape index (κ3) is 4.23. The van der Waals surface area contributed by atoms with E-state index in [9.17, 15) is 15.3 Å². The van der Waals surface area contributed by atoms with Gasteiger partial charge in [-0.2, -0.15) is 0 Å². The number of benzene rings is 1. The van der Waals surface area contributed by atoms with Crippen molar-refractivity contribution in [2.75, 3.05) is 19.8 Å². The van der Waals surface area contributed by atoms with Crippen LogP contribution in [0.25, 0.3) is 0 Å². The number of aliphatic hydroxyl groups is 4. The van der Waals surface area contributed by atoms with Crippen molar-refractivity contribution in [3.05, 3.63) is 35.9 Å². The first kappa shape index (κ1) is 16.4. The molecule has 5 atom stereocenters. The standard InChI is InChI=1S/C15H23NO5/c17-8-11(6-10-4-2-1-3-5-10)16-7-12-14(19)15(20)13(9-18)21-12/h1-5,11-20H,6-9H2/t11-,12+,13+,14+,15+/m0/s1. The van der Waals surface area contributed by atoms with Crippen molar-refractivity contribution in [2.24, 2.45) is 0 Å². The van der Waals surface area contributed by atoms with Gasteiger partial charge in [-0.25, -0.2) is 0 Å². The van der Waals surface area contributed by atoms with Gasteiger partial charge in [-0.1, -0.05) is 30.3 Å². The maximum atomic E-state index is 9.85. The lowest BCUT2D eigenvalue weighted by molar-refractivity contribution is -0.0222. The molecule has 6 heteroatoms. The molecular formula is C15H23NO5. The van der Waals surface area contributed by atoms with Gasteiger partial charge in [0, 0.05) is 12.6 Å². The number of hydrogen-bond acceptors (Lipinski definition) is 6. The predicted octanol–water partition coefficient (Wildman–Crippen LogP) is -1.34. The summed E-state index contributed by atoms with van der Waals surface area (Å²) in [6.07, 6.45) is -2.81. The second-order valence-corrected chi connectivity index (χ2v) is 5.35. The van der Waals surface area contributed by atoms with Crippen LogP contribution in [0.2, 0.25) is 0 Å². The summed E-state index contributed by atoms with van der Waals surface area (Å²) in [5, 5.41) is 41.1. The van der Waals surface area contributed by atoms with Gasteiger partial charge < -0.3 is 30.5 Å². The largest absolute Gasteiger partial charge is 0.395 e. The van der Waals surface area contributed by atoms with Crippen LogP contribution in [0, 0.1) is 0 Å². The molecule has 1 aromatic rings. The zero-order valence-electron chi connectivity index (χ0n) is 11.8. The molecule has 1 aliphatic heterocycles. The van der Waals surface area contributed by atoms with E-state index in [1.807, 2.05) is 30.3 Å². The summed E-state index contributed by atoms with van der Waals surface area (Å²) in [6.45, 7) is -0.0708. The first-order valence-electron chi connectivity index (χ1n) is 7.16. The van der Waals surface area contributed by atoms with E-state index in [1.165, 1.54) is 0 Å². The van der Waals surface area contributed by atoms with Crippen molar-refractivity contribution in [1.29, 1.82) is 0 Å². The summed E-state index contributed by atoms with van der Waals surface area (Å²) in [5.41, 5.74) is 1.10. The molecular weight excluding hydrogens is 274 g/mol. The molecule has 0 bridgehead atoms. The lowest BCUT2D eigenvalue weighted by atomic mass is 10.1. The Morgan fingerprint density at radius 3 is 2.29 bits per heavy atom. The van der Waals surface area contributed by atoms with Crippen LogP contribution in [-0.2, 0) is 11.2 Å². The number of hydrogen-bond donors (Lipinski definition) is 5. The average Bonchev–Trinajstić information content (AvgIpc) is 2.80. The molecule has 0 aromatic heterocycles. The highest BCUT2D eigenvalue weighted by atomic mass is 16.6. The van der Waals surface area contributed by atoms with E-state index in [0.717, 1.165) is 5.56 Å². The first-order chi connectivity index (χ1) is 10.2. The normalized spacial score (nSPS) is 30.5. The predicted molar refractivity (Wildman–Crippen MR) is 76.8 cm³/mol. The third-order valence-electron chi connectivity index (χ3n) is 3.79. The number of rotatable bonds is 7. The average molecular weight is 297 g/mol. The van der Waals surface area contributed by atoms with Gasteiger partial charge in [-0.15, -0.1) is 0 Å². The fourth-order valence-corrected chi connectivity index (χ4v) is 2.53. The lowest BCUT2D eigenvalue weighted by Crippen LogP contribution is -2.43. The highest BCUT2D eigenvalue weighted by Gasteiger charge is 2.42. The third-order valence-corrected chi connectivity index (χ3v) is 3.79. The highest BCUT2D eigenvalue weighted by Crippen LogP contribution is 2.20. The molecule has 1 heterocycles. The van der Waals surface area contributed by atoms with E-state index in [4.69, 9.17) is 9.84 Å². The minimum atomic E-state index is -1.08. The summed E-state index contributed by atoms with van der Waals surface area (Å²) >= 11 is 0. The van der Waals surface area contributed by atoms with E-state index in [-0.39, 0.29) is 19.3 Å². The number of aliphatic hydroxyl groups excluding tert-OH is 4. The topological polar surface area (TPSA) is 102 Å². The van der Waals surface area contributed by atoms with Gasteiger partial charge in [0.05, 0.1) is 19.3 Å². The summed E-state index contributed by atoms with van der Waals surface area (Å²) in [4.78, 5) is 0.